The van der Waals surface area contributed by atoms with E-state index in [0.29, 0.717) is 0 Å². The Hall–Kier alpha value is -1.68. The zero-order chi connectivity index (χ0) is 15.8. The van der Waals surface area contributed by atoms with Crippen molar-refractivity contribution in [3.8, 4) is 0 Å². The minimum absolute atomic E-state index is 0.762. The Morgan fingerprint density at radius 3 is 2.30 bits per heavy atom. The quantitative estimate of drug-likeness (QED) is 0.851. The van der Waals surface area contributed by atoms with Crippen LogP contribution in [-0.2, 0) is 0 Å². The molecule has 4 nitrogen and oxygen atoms in total. The number of hydrogen-bond acceptors (Lipinski definition) is 4. The van der Waals surface area contributed by atoms with E-state index in [0.717, 1.165) is 47.7 Å². The minimum atomic E-state index is 0.762. The number of fused-ring (bicyclic) bond motifs is 1. The highest BCUT2D eigenvalue weighted by molar-refractivity contribution is 5.76. The molecule has 1 atom stereocenters. The van der Waals surface area contributed by atoms with Gasteiger partial charge in [-0.3, -0.25) is 4.90 Å². The molecule has 0 amide bonds. The predicted octanol–water partition coefficient (Wildman–Crippen LogP) is 3.39. The summed E-state index contributed by atoms with van der Waals surface area (Å²) in [6, 6.07) is 9.70. The van der Waals surface area contributed by atoms with Gasteiger partial charge in [0.15, 0.2) is 5.82 Å². The molecule has 2 fully saturated rings. The number of aryl methyl sites for hydroxylation is 1. The highest BCUT2D eigenvalue weighted by atomic mass is 15.3. The third kappa shape index (κ3) is 2.80. The summed E-state index contributed by atoms with van der Waals surface area (Å²) in [5.41, 5.74) is 3.05. The van der Waals surface area contributed by atoms with E-state index >= 15 is 0 Å². The van der Waals surface area contributed by atoms with Crippen molar-refractivity contribution in [2.24, 2.45) is 0 Å². The zero-order valence-corrected chi connectivity index (χ0v) is 14.2. The summed E-state index contributed by atoms with van der Waals surface area (Å²) in [7, 11) is 0. The van der Waals surface area contributed by atoms with Crippen LogP contribution in [0.2, 0.25) is 0 Å². The van der Waals surface area contributed by atoms with E-state index in [2.05, 4.69) is 29.7 Å². The molecule has 0 saturated carbocycles. The lowest BCUT2D eigenvalue weighted by molar-refractivity contribution is 0.163. The fourth-order valence-corrected chi connectivity index (χ4v) is 4.29. The van der Waals surface area contributed by atoms with Crippen molar-refractivity contribution in [1.82, 2.24) is 14.9 Å². The molecular formula is C19H26N4. The van der Waals surface area contributed by atoms with Gasteiger partial charge in [0.1, 0.15) is 0 Å². The number of anilines is 1. The average Bonchev–Trinajstić information content (AvgIpc) is 3.00. The van der Waals surface area contributed by atoms with Gasteiger partial charge in [-0.25, -0.2) is 9.97 Å². The number of benzene rings is 1. The molecule has 0 bridgehead atoms. The van der Waals surface area contributed by atoms with Crippen LogP contribution in [-0.4, -0.2) is 46.6 Å². The Morgan fingerprint density at radius 1 is 0.957 bits per heavy atom. The maximum absolute atomic E-state index is 4.89. The van der Waals surface area contributed by atoms with Crippen molar-refractivity contribution in [1.29, 1.82) is 0 Å². The maximum atomic E-state index is 4.89. The van der Waals surface area contributed by atoms with Crippen LogP contribution in [0.4, 0.5) is 5.82 Å². The standard InChI is InChI=1S/C19H26N4/c1-14-6-5-11-23(14)16-9-12-22(13-10-16)19-15(2)20-17-7-3-4-8-18(17)21-19/h3-4,7-8,14,16H,5-6,9-13H2,1-2H3. The van der Waals surface area contributed by atoms with Crippen molar-refractivity contribution >= 4 is 16.9 Å². The Morgan fingerprint density at radius 2 is 1.65 bits per heavy atom. The first-order valence-corrected chi connectivity index (χ1v) is 8.96. The second kappa shape index (κ2) is 6.08. The van der Waals surface area contributed by atoms with Crippen molar-refractivity contribution in [3.05, 3.63) is 30.0 Å². The molecule has 4 heteroatoms. The van der Waals surface area contributed by atoms with Crippen molar-refractivity contribution < 1.29 is 0 Å². The van der Waals surface area contributed by atoms with Gasteiger partial charge < -0.3 is 4.90 Å². The number of likely N-dealkylation sites (tertiary alicyclic amines) is 1. The summed E-state index contributed by atoms with van der Waals surface area (Å²) in [6.07, 6.45) is 5.24. The van der Waals surface area contributed by atoms with Crippen molar-refractivity contribution in [2.75, 3.05) is 24.5 Å². The van der Waals surface area contributed by atoms with Crippen LogP contribution >= 0.6 is 0 Å². The van der Waals surface area contributed by atoms with Gasteiger partial charge >= 0.3 is 0 Å². The fourth-order valence-electron chi connectivity index (χ4n) is 4.29. The molecule has 23 heavy (non-hydrogen) atoms. The van der Waals surface area contributed by atoms with Gasteiger partial charge in [-0.15, -0.1) is 0 Å². The van der Waals surface area contributed by atoms with Gasteiger partial charge in [-0.2, -0.15) is 0 Å². The predicted molar refractivity (Wildman–Crippen MR) is 94.9 cm³/mol. The number of nitrogens with zero attached hydrogens (tertiary/aromatic N) is 4. The Labute approximate surface area is 138 Å². The van der Waals surface area contributed by atoms with Gasteiger partial charge in [0.2, 0.25) is 0 Å². The number of aromatic nitrogens is 2. The summed E-state index contributed by atoms with van der Waals surface area (Å²) in [6.45, 7) is 7.96. The van der Waals surface area contributed by atoms with E-state index < -0.39 is 0 Å². The highest BCUT2D eigenvalue weighted by Gasteiger charge is 2.31. The summed E-state index contributed by atoms with van der Waals surface area (Å²) < 4.78 is 0. The van der Waals surface area contributed by atoms with Gasteiger partial charge in [0, 0.05) is 25.2 Å². The lowest BCUT2D eigenvalue weighted by Crippen LogP contribution is -2.46. The minimum Gasteiger partial charge on any atom is -0.355 e. The third-order valence-electron chi connectivity index (χ3n) is 5.56. The van der Waals surface area contributed by atoms with E-state index in [4.69, 9.17) is 9.97 Å². The highest BCUT2D eigenvalue weighted by Crippen LogP contribution is 2.28. The molecule has 3 heterocycles. The van der Waals surface area contributed by atoms with Crippen molar-refractivity contribution in [3.63, 3.8) is 0 Å². The first-order valence-electron chi connectivity index (χ1n) is 8.96. The Balaban J connectivity index is 1.51. The molecule has 1 unspecified atom stereocenters. The van der Waals surface area contributed by atoms with Crippen molar-refractivity contribution in [2.45, 2.75) is 51.6 Å². The molecule has 122 valence electrons. The molecule has 4 rings (SSSR count). The monoisotopic (exact) mass is 310 g/mol. The van der Waals surface area contributed by atoms with Crippen LogP contribution in [0.25, 0.3) is 11.0 Å². The molecule has 2 aliphatic rings. The van der Waals surface area contributed by atoms with E-state index in [-0.39, 0.29) is 0 Å². The fraction of sp³-hybridized carbons (Fsp3) is 0.579. The summed E-state index contributed by atoms with van der Waals surface area (Å²) >= 11 is 0. The molecule has 2 aromatic rings. The molecule has 1 aromatic carbocycles. The second-order valence-electron chi connectivity index (χ2n) is 7.07. The van der Waals surface area contributed by atoms with E-state index in [1.807, 2.05) is 18.2 Å². The number of para-hydroxylation sites is 2. The molecule has 0 spiro atoms. The SMILES string of the molecule is Cc1nc2ccccc2nc1N1CCC(N2CCCC2C)CC1. The molecule has 0 N–H and O–H groups in total. The van der Waals surface area contributed by atoms with Gasteiger partial charge in [-0.05, 0) is 58.2 Å². The summed E-state index contributed by atoms with van der Waals surface area (Å²) in [4.78, 5) is 14.8. The van der Waals surface area contributed by atoms with Crippen LogP contribution in [0.3, 0.4) is 0 Å². The normalized spacial score (nSPS) is 23.7. The van der Waals surface area contributed by atoms with E-state index in [1.54, 1.807) is 0 Å². The lowest BCUT2D eigenvalue weighted by Gasteiger charge is -2.39. The van der Waals surface area contributed by atoms with Crippen LogP contribution in [0, 0.1) is 6.92 Å². The molecule has 1 aromatic heterocycles. The molecule has 2 aliphatic heterocycles. The molecule has 2 saturated heterocycles. The van der Waals surface area contributed by atoms with Crippen LogP contribution in [0.5, 0.6) is 0 Å². The first-order chi connectivity index (χ1) is 11.2. The van der Waals surface area contributed by atoms with Crippen LogP contribution < -0.4 is 4.90 Å². The first kappa shape index (κ1) is 14.9. The topological polar surface area (TPSA) is 32.3 Å². The molecule has 0 radical (unpaired) electrons. The van der Waals surface area contributed by atoms with Gasteiger partial charge in [0.05, 0.1) is 16.7 Å². The smallest absolute Gasteiger partial charge is 0.150 e. The van der Waals surface area contributed by atoms with Crippen LogP contribution in [0.15, 0.2) is 24.3 Å². The molecule has 0 aliphatic carbocycles. The lowest BCUT2D eigenvalue weighted by atomic mass is 10.0. The largest absolute Gasteiger partial charge is 0.355 e. The number of hydrogen-bond donors (Lipinski definition) is 0. The van der Waals surface area contributed by atoms with E-state index in [9.17, 15) is 0 Å². The Bertz CT molecular complexity index is 691. The summed E-state index contributed by atoms with van der Waals surface area (Å²) in [5, 5.41) is 0. The zero-order valence-electron chi connectivity index (χ0n) is 14.2. The maximum Gasteiger partial charge on any atom is 0.150 e. The third-order valence-corrected chi connectivity index (χ3v) is 5.56. The molecular weight excluding hydrogens is 284 g/mol. The van der Waals surface area contributed by atoms with Crippen LogP contribution in [0.1, 0.15) is 38.3 Å². The van der Waals surface area contributed by atoms with Gasteiger partial charge in [0.25, 0.3) is 0 Å². The second-order valence-corrected chi connectivity index (χ2v) is 7.07. The van der Waals surface area contributed by atoms with Gasteiger partial charge in [-0.1, -0.05) is 12.1 Å². The average molecular weight is 310 g/mol. The number of piperidine rings is 1. The number of rotatable bonds is 2. The summed E-state index contributed by atoms with van der Waals surface area (Å²) in [5.74, 6) is 1.08. The Kier molecular flexibility index (Phi) is 3.93. The van der Waals surface area contributed by atoms with E-state index in [1.165, 1.54) is 32.2 Å².